The first-order valence-electron chi connectivity index (χ1n) is 12.1. The lowest BCUT2D eigenvalue weighted by molar-refractivity contribution is -0.152. The topological polar surface area (TPSA) is 76.2 Å². The van der Waals surface area contributed by atoms with Crippen LogP contribution in [0.15, 0.2) is 83.8 Å². The number of carbonyl (C=O) groups is 3. The number of hydrogen-bond acceptors (Lipinski definition) is 6. The van der Waals surface area contributed by atoms with Crippen molar-refractivity contribution in [1.82, 2.24) is 4.90 Å². The molecule has 0 aromatic heterocycles. The van der Waals surface area contributed by atoms with Gasteiger partial charge in [0.25, 0.3) is 5.91 Å². The number of thioether (sulfide) groups is 1. The third-order valence-electron chi connectivity index (χ3n) is 6.07. The van der Waals surface area contributed by atoms with Gasteiger partial charge in [0, 0.05) is 32.0 Å². The SMILES string of the molecule is CC(=O)O[C@H]1C(=O)N(CCN(C)C(=O)OCc2ccccc2)c2ccccc2S[C@H]1c1ccc(C)cc1. The molecule has 0 aliphatic carbocycles. The second kappa shape index (κ2) is 12.0. The van der Waals surface area contributed by atoms with Gasteiger partial charge >= 0.3 is 12.1 Å². The highest BCUT2D eigenvalue weighted by Gasteiger charge is 2.40. The number of hydrogen-bond donors (Lipinski definition) is 0. The second-order valence-corrected chi connectivity index (χ2v) is 10.1. The maximum Gasteiger partial charge on any atom is 0.409 e. The number of para-hydroxylation sites is 1. The molecule has 3 aromatic carbocycles. The Bertz CT molecular complexity index is 1250. The van der Waals surface area contributed by atoms with Crippen molar-refractivity contribution in [2.24, 2.45) is 0 Å². The van der Waals surface area contributed by atoms with Gasteiger partial charge in [0.15, 0.2) is 6.10 Å². The van der Waals surface area contributed by atoms with Crippen LogP contribution in [-0.4, -0.2) is 49.1 Å². The van der Waals surface area contributed by atoms with Gasteiger partial charge in [-0.3, -0.25) is 9.59 Å². The third kappa shape index (κ3) is 6.51. The summed E-state index contributed by atoms with van der Waals surface area (Å²) in [4.78, 5) is 42.5. The zero-order valence-electron chi connectivity index (χ0n) is 21.1. The third-order valence-corrected chi connectivity index (χ3v) is 7.44. The average molecular weight is 519 g/mol. The molecule has 0 radical (unpaired) electrons. The minimum Gasteiger partial charge on any atom is -0.451 e. The summed E-state index contributed by atoms with van der Waals surface area (Å²) in [5.41, 5.74) is 3.61. The highest BCUT2D eigenvalue weighted by Crippen LogP contribution is 2.46. The number of aryl methyl sites for hydroxylation is 1. The number of anilines is 1. The number of carbonyl (C=O) groups excluding carboxylic acids is 3. The number of esters is 1. The van der Waals surface area contributed by atoms with Crippen molar-refractivity contribution in [3.8, 4) is 0 Å². The number of fused-ring (bicyclic) bond motifs is 1. The van der Waals surface area contributed by atoms with E-state index in [1.54, 1.807) is 11.9 Å². The Balaban J connectivity index is 1.55. The van der Waals surface area contributed by atoms with E-state index in [1.807, 2.05) is 85.8 Å². The van der Waals surface area contributed by atoms with Crippen LogP contribution < -0.4 is 4.90 Å². The van der Waals surface area contributed by atoms with E-state index in [9.17, 15) is 14.4 Å². The number of rotatable bonds is 7. The molecule has 0 saturated carbocycles. The van der Waals surface area contributed by atoms with E-state index in [0.717, 1.165) is 27.3 Å². The predicted molar refractivity (Wildman–Crippen MR) is 143 cm³/mol. The van der Waals surface area contributed by atoms with Gasteiger partial charge in [-0.1, -0.05) is 72.3 Å². The fourth-order valence-corrected chi connectivity index (χ4v) is 5.39. The Hall–Kier alpha value is -3.78. The van der Waals surface area contributed by atoms with Gasteiger partial charge in [0.1, 0.15) is 6.61 Å². The molecule has 1 heterocycles. The van der Waals surface area contributed by atoms with Crippen molar-refractivity contribution in [3.05, 3.63) is 95.6 Å². The molecule has 0 unspecified atom stereocenters. The lowest BCUT2D eigenvalue weighted by Gasteiger charge is -2.29. The van der Waals surface area contributed by atoms with Crippen molar-refractivity contribution in [1.29, 1.82) is 0 Å². The van der Waals surface area contributed by atoms with E-state index in [0.29, 0.717) is 0 Å². The minimum absolute atomic E-state index is 0.166. The van der Waals surface area contributed by atoms with E-state index in [1.165, 1.54) is 23.6 Å². The van der Waals surface area contributed by atoms with Crippen LogP contribution in [0.4, 0.5) is 10.5 Å². The largest absolute Gasteiger partial charge is 0.451 e. The van der Waals surface area contributed by atoms with Crippen molar-refractivity contribution in [2.45, 2.75) is 36.7 Å². The first-order chi connectivity index (χ1) is 17.8. The van der Waals surface area contributed by atoms with Gasteiger partial charge in [-0.15, -0.1) is 11.8 Å². The van der Waals surface area contributed by atoms with Crippen LogP contribution in [-0.2, 0) is 25.7 Å². The van der Waals surface area contributed by atoms with Gasteiger partial charge in [-0.2, -0.15) is 0 Å². The fourth-order valence-electron chi connectivity index (χ4n) is 4.07. The van der Waals surface area contributed by atoms with Gasteiger partial charge in [-0.05, 0) is 30.2 Å². The van der Waals surface area contributed by atoms with Gasteiger partial charge < -0.3 is 19.3 Å². The Labute approximate surface area is 221 Å². The van der Waals surface area contributed by atoms with Crippen molar-refractivity contribution in [2.75, 3.05) is 25.0 Å². The summed E-state index contributed by atoms with van der Waals surface area (Å²) in [7, 11) is 1.63. The van der Waals surface area contributed by atoms with Crippen molar-refractivity contribution in [3.63, 3.8) is 0 Å². The number of benzene rings is 3. The molecule has 0 spiro atoms. The molecule has 192 valence electrons. The van der Waals surface area contributed by atoms with Crippen LogP contribution in [0.5, 0.6) is 0 Å². The summed E-state index contributed by atoms with van der Waals surface area (Å²) in [6.07, 6.45) is -1.50. The summed E-state index contributed by atoms with van der Waals surface area (Å²) in [5.74, 6) is -0.854. The molecule has 1 aliphatic heterocycles. The van der Waals surface area contributed by atoms with Crippen molar-refractivity contribution >= 4 is 35.4 Å². The summed E-state index contributed by atoms with van der Waals surface area (Å²) in [6.45, 7) is 3.92. The zero-order valence-corrected chi connectivity index (χ0v) is 21.9. The maximum atomic E-state index is 13.9. The molecule has 8 heteroatoms. The molecule has 0 saturated heterocycles. The van der Waals surface area contributed by atoms with Crippen LogP contribution in [0.1, 0.15) is 28.9 Å². The molecule has 7 nitrogen and oxygen atoms in total. The van der Waals surface area contributed by atoms with Crippen LogP contribution in [0.3, 0.4) is 0 Å². The number of nitrogens with zero attached hydrogens (tertiary/aromatic N) is 2. The van der Waals surface area contributed by atoms with E-state index >= 15 is 0 Å². The van der Waals surface area contributed by atoms with E-state index < -0.39 is 23.4 Å². The Morgan fingerprint density at radius 2 is 1.65 bits per heavy atom. The van der Waals surface area contributed by atoms with Crippen LogP contribution in [0, 0.1) is 6.92 Å². The molecule has 0 N–H and O–H groups in total. The lowest BCUT2D eigenvalue weighted by atomic mass is 10.0. The fraction of sp³-hybridized carbons (Fsp3) is 0.276. The number of likely N-dealkylation sites (N-methyl/N-ethyl adjacent to an activating group) is 1. The normalized spacial score (nSPS) is 16.9. The van der Waals surface area contributed by atoms with E-state index in [2.05, 4.69) is 0 Å². The monoisotopic (exact) mass is 518 g/mol. The smallest absolute Gasteiger partial charge is 0.409 e. The average Bonchev–Trinajstić information content (AvgIpc) is 3.01. The molecular formula is C29H30N2O5S. The summed E-state index contributed by atoms with van der Waals surface area (Å²) in [5, 5.41) is -0.420. The second-order valence-electron chi connectivity index (χ2n) is 8.90. The van der Waals surface area contributed by atoms with Crippen LogP contribution in [0.25, 0.3) is 0 Å². The first kappa shape index (κ1) is 26.3. The van der Waals surface area contributed by atoms with Crippen LogP contribution in [0.2, 0.25) is 0 Å². The predicted octanol–water partition coefficient (Wildman–Crippen LogP) is 5.38. The molecule has 0 fully saturated rings. The van der Waals surface area contributed by atoms with E-state index in [-0.39, 0.29) is 25.6 Å². The Morgan fingerprint density at radius 1 is 0.973 bits per heavy atom. The summed E-state index contributed by atoms with van der Waals surface area (Å²) < 4.78 is 11.0. The minimum atomic E-state index is -1.02. The molecule has 3 aromatic rings. The number of amides is 2. The molecular weight excluding hydrogens is 488 g/mol. The zero-order chi connectivity index (χ0) is 26.4. The Kier molecular flexibility index (Phi) is 8.50. The molecule has 37 heavy (non-hydrogen) atoms. The van der Waals surface area contributed by atoms with Gasteiger partial charge in [0.05, 0.1) is 10.9 Å². The number of ether oxygens (including phenoxy) is 2. The highest BCUT2D eigenvalue weighted by molar-refractivity contribution is 7.99. The molecule has 1 aliphatic rings. The standard InChI is InChI=1S/C29H30N2O5S/c1-20-13-15-23(16-14-20)27-26(36-21(2)32)28(33)31(24-11-7-8-12-25(24)37-27)18-17-30(3)29(34)35-19-22-9-5-4-6-10-22/h4-16,26-27H,17-19H2,1-3H3/t26-,27+/m1/s1. The molecule has 0 bridgehead atoms. The van der Waals surface area contributed by atoms with E-state index in [4.69, 9.17) is 9.47 Å². The summed E-state index contributed by atoms with van der Waals surface area (Å²) >= 11 is 1.50. The Morgan fingerprint density at radius 3 is 2.35 bits per heavy atom. The summed E-state index contributed by atoms with van der Waals surface area (Å²) in [6, 6.07) is 24.9. The van der Waals surface area contributed by atoms with Crippen LogP contribution >= 0.6 is 11.8 Å². The van der Waals surface area contributed by atoms with Gasteiger partial charge in [0.2, 0.25) is 0 Å². The van der Waals surface area contributed by atoms with Crippen molar-refractivity contribution < 1.29 is 23.9 Å². The molecule has 2 amide bonds. The molecule has 2 atom stereocenters. The highest BCUT2D eigenvalue weighted by atomic mass is 32.2. The molecule has 4 rings (SSSR count). The quantitative estimate of drug-likeness (QED) is 0.391. The first-order valence-corrected chi connectivity index (χ1v) is 12.9. The van der Waals surface area contributed by atoms with Gasteiger partial charge in [-0.25, -0.2) is 4.79 Å². The maximum absolute atomic E-state index is 13.9. The lowest BCUT2D eigenvalue weighted by Crippen LogP contribution is -2.46.